The minimum absolute atomic E-state index is 0.110. The third kappa shape index (κ3) is 6.21. The van der Waals surface area contributed by atoms with Crippen LogP contribution >= 0.6 is 22.6 Å². The normalized spacial score (nSPS) is 18.6. The molecule has 0 aliphatic carbocycles. The highest BCUT2D eigenvalue weighted by atomic mass is 127. The van der Waals surface area contributed by atoms with Crippen molar-refractivity contribution in [3.63, 3.8) is 0 Å². The maximum Gasteiger partial charge on any atom is 0.113 e. The van der Waals surface area contributed by atoms with E-state index in [2.05, 4.69) is 0 Å². The number of aliphatic hydroxyl groups excluding tert-OH is 1. The van der Waals surface area contributed by atoms with Crippen LogP contribution in [0.4, 0.5) is 4.39 Å². The Morgan fingerprint density at radius 3 is 2.38 bits per heavy atom. The summed E-state index contributed by atoms with van der Waals surface area (Å²) in [6.07, 6.45) is 3.42. The summed E-state index contributed by atoms with van der Waals surface area (Å²) in [6, 6.07) is 0. The molecule has 13 heavy (non-hydrogen) atoms. The fraction of sp³-hybridized carbons (Fsp3) is 0.600. The summed E-state index contributed by atoms with van der Waals surface area (Å²) in [7, 11) is 0. The zero-order chi connectivity index (χ0) is 10.4. The van der Waals surface area contributed by atoms with E-state index in [1.54, 1.807) is 13.8 Å². The van der Waals surface area contributed by atoms with Crippen molar-refractivity contribution in [1.29, 1.82) is 0 Å². The average molecular weight is 298 g/mol. The van der Waals surface area contributed by atoms with E-state index in [-0.39, 0.29) is 9.75 Å². The summed E-state index contributed by atoms with van der Waals surface area (Å²) in [5.74, 6) is -0.144. The lowest BCUT2D eigenvalue weighted by Gasteiger charge is -2.06. The van der Waals surface area contributed by atoms with Crippen LogP contribution in [0.25, 0.3) is 0 Å². The van der Waals surface area contributed by atoms with Crippen molar-refractivity contribution >= 4 is 22.6 Å². The summed E-state index contributed by atoms with van der Waals surface area (Å²) in [6.45, 7) is 5.34. The number of hydrogen-bond donors (Lipinski definition) is 1. The van der Waals surface area contributed by atoms with Gasteiger partial charge in [0.25, 0.3) is 0 Å². The second-order valence-electron chi connectivity index (χ2n) is 3.06. The molecule has 0 bridgehead atoms. The second-order valence-corrected chi connectivity index (χ2v) is 4.93. The van der Waals surface area contributed by atoms with Gasteiger partial charge in [-0.3, -0.25) is 0 Å². The molecule has 0 unspecified atom stereocenters. The van der Waals surface area contributed by atoms with Gasteiger partial charge in [0.05, 0.1) is 10.0 Å². The van der Waals surface area contributed by atoms with Gasteiger partial charge >= 0.3 is 0 Å². The highest BCUT2D eigenvalue weighted by Crippen LogP contribution is 2.17. The van der Waals surface area contributed by atoms with Crippen molar-refractivity contribution in [2.24, 2.45) is 0 Å². The van der Waals surface area contributed by atoms with E-state index in [1.807, 2.05) is 35.6 Å². The molecule has 0 aliphatic rings. The number of alkyl halides is 1. The van der Waals surface area contributed by atoms with Crippen LogP contribution in [0.5, 0.6) is 0 Å². The van der Waals surface area contributed by atoms with E-state index >= 15 is 0 Å². The third-order valence-corrected chi connectivity index (χ3v) is 2.20. The van der Waals surface area contributed by atoms with E-state index < -0.39 is 6.10 Å². The maximum atomic E-state index is 13.1. The summed E-state index contributed by atoms with van der Waals surface area (Å²) < 4.78 is 13.0. The molecule has 0 aromatic heterocycles. The van der Waals surface area contributed by atoms with Crippen LogP contribution in [-0.4, -0.2) is 15.1 Å². The highest BCUT2D eigenvalue weighted by molar-refractivity contribution is 14.1. The molecule has 2 atom stereocenters. The smallest absolute Gasteiger partial charge is 0.113 e. The van der Waals surface area contributed by atoms with Crippen LogP contribution in [0.2, 0.25) is 0 Å². The van der Waals surface area contributed by atoms with Crippen LogP contribution in [0.3, 0.4) is 0 Å². The van der Waals surface area contributed by atoms with Crippen LogP contribution in [0, 0.1) is 0 Å². The van der Waals surface area contributed by atoms with E-state index in [9.17, 15) is 4.39 Å². The first kappa shape index (κ1) is 13.1. The molecule has 0 fully saturated rings. The quantitative estimate of drug-likeness (QED) is 0.479. The molecule has 0 saturated heterocycles. The van der Waals surface area contributed by atoms with Gasteiger partial charge < -0.3 is 5.11 Å². The van der Waals surface area contributed by atoms with Gasteiger partial charge in [-0.1, -0.05) is 28.7 Å². The van der Waals surface area contributed by atoms with Crippen LogP contribution in [0.1, 0.15) is 27.2 Å². The average Bonchev–Trinajstić information content (AvgIpc) is 2.02. The second kappa shape index (κ2) is 6.54. The van der Waals surface area contributed by atoms with Gasteiger partial charge in [-0.2, -0.15) is 0 Å². The molecule has 0 aliphatic heterocycles. The maximum absolute atomic E-state index is 13.1. The molecule has 0 heterocycles. The summed E-state index contributed by atoms with van der Waals surface area (Å²) in [4.78, 5) is 0. The molecule has 1 nitrogen and oxygen atoms in total. The lowest BCUT2D eigenvalue weighted by molar-refractivity contribution is 0.196. The number of rotatable bonds is 4. The Labute approximate surface area is 92.9 Å². The van der Waals surface area contributed by atoms with Crippen molar-refractivity contribution in [3.05, 3.63) is 23.6 Å². The first-order valence-electron chi connectivity index (χ1n) is 4.31. The molecule has 1 N–H and O–H groups in total. The fourth-order valence-electron chi connectivity index (χ4n) is 0.893. The predicted octanol–water partition coefficient (Wildman–Crippen LogP) is 3.38. The topological polar surface area (TPSA) is 20.2 Å². The molecule has 0 rings (SSSR count). The lowest BCUT2D eigenvalue weighted by Crippen LogP contribution is -2.01. The van der Waals surface area contributed by atoms with Crippen molar-refractivity contribution in [2.45, 2.75) is 37.2 Å². The summed E-state index contributed by atoms with van der Waals surface area (Å²) in [5, 5.41) is 9.11. The monoisotopic (exact) mass is 298 g/mol. The molecule has 0 saturated carbocycles. The number of aliphatic hydroxyl groups is 1. The predicted molar refractivity (Wildman–Crippen MR) is 62.7 cm³/mol. The van der Waals surface area contributed by atoms with Gasteiger partial charge in [-0.05, 0) is 38.8 Å². The van der Waals surface area contributed by atoms with E-state index in [0.717, 1.165) is 5.57 Å². The van der Waals surface area contributed by atoms with E-state index in [4.69, 9.17) is 5.11 Å². The van der Waals surface area contributed by atoms with Crippen molar-refractivity contribution in [3.8, 4) is 0 Å². The third-order valence-electron chi connectivity index (χ3n) is 1.61. The minimum atomic E-state index is -0.417. The Morgan fingerprint density at radius 2 is 2.08 bits per heavy atom. The van der Waals surface area contributed by atoms with E-state index in [1.165, 1.54) is 6.08 Å². The van der Waals surface area contributed by atoms with Crippen LogP contribution in [0.15, 0.2) is 23.6 Å². The molecule has 76 valence electrons. The lowest BCUT2D eigenvalue weighted by atomic mass is 10.1. The Bertz CT molecular complexity index is 207. The van der Waals surface area contributed by atoms with Gasteiger partial charge in [0.15, 0.2) is 0 Å². The minimum Gasteiger partial charge on any atom is -0.393 e. The van der Waals surface area contributed by atoms with Crippen molar-refractivity contribution in [1.82, 2.24) is 0 Å². The molecule has 0 aromatic rings. The summed E-state index contributed by atoms with van der Waals surface area (Å²) >= 11 is 2.02. The number of halogens is 2. The number of allylic oxidation sites excluding steroid dienone is 3. The van der Waals surface area contributed by atoms with Crippen molar-refractivity contribution in [2.75, 3.05) is 0 Å². The van der Waals surface area contributed by atoms with Crippen molar-refractivity contribution < 1.29 is 9.50 Å². The molecule has 0 radical (unpaired) electrons. The van der Waals surface area contributed by atoms with Gasteiger partial charge in [-0.15, -0.1) is 0 Å². The van der Waals surface area contributed by atoms with Gasteiger partial charge in [-0.25, -0.2) is 4.39 Å². The zero-order valence-corrected chi connectivity index (χ0v) is 10.4. The Hall–Kier alpha value is 0.1000. The standard InChI is InChI=1S/C10H16FIO/c1-4-9(5-7(2)13)6-10(11)8(3)12/h4,6-8,13H,5H2,1-3H3/b9-4-,10-6+/t7-,8-/m0/s1. The Kier molecular flexibility index (Phi) is 6.59. The molecule has 0 spiro atoms. The van der Waals surface area contributed by atoms with Crippen LogP contribution < -0.4 is 0 Å². The Balaban J connectivity index is 4.37. The largest absolute Gasteiger partial charge is 0.393 e. The van der Waals surface area contributed by atoms with Gasteiger partial charge in [0.2, 0.25) is 0 Å². The molecule has 0 aromatic carbocycles. The highest BCUT2D eigenvalue weighted by Gasteiger charge is 2.05. The molecule has 3 heteroatoms. The first-order valence-corrected chi connectivity index (χ1v) is 5.56. The fourth-order valence-corrected chi connectivity index (χ4v) is 1.07. The first-order chi connectivity index (χ1) is 5.97. The van der Waals surface area contributed by atoms with Gasteiger partial charge in [0, 0.05) is 0 Å². The number of hydrogen-bond acceptors (Lipinski definition) is 1. The molecular weight excluding hydrogens is 282 g/mol. The molecule has 0 amide bonds. The SMILES string of the molecule is C/C=C(\C=C(\F)[C@H](C)I)C[C@H](C)O. The Morgan fingerprint density at radius 1 is 1.54 bits per heavy atom. The van der Waals surface area contributed by atoms with E-state index in [0.29, 0.717) is 6.42 Å². The summed E-state index contributed by atoms with van der Waals surface area (Å²) in [5.41, 5.74) is 0.844. The zero-order valence-electron chi connectivity index (χ0n) is 8.22. The van der Waals surface area contributed by atoms with Gasteiger partial charge in [0.1, 0.15) is 5.83 Å². The molecular formula is C10H16FIO. The van der Waals surface area contributed by atoms with Crippen LogP contribution in [-0.2, 0) is 0 Å².